The first-order chi connectivity index (χ1) is 11.5. The molecule has 0 aliphatic carbocycles. The molecule has 0 aliphatic heterocycles. The van der Waals surface area contributed by atoms with E-state index in [4.69, 9.17) is 4.74 Å². The van der Waals surface area contributed by atoms with E-state index < -0.39 is 0 Å². The molecule has 0 radical (unpaired) electrons. The number of aryl methyl sites for hydroxylation is 3. The third kappa shape index (κ3) is 6.63. The van der Waals surface area contributed by atoms with Gasteiger partial charge in [0, 0.05) is 5.56 Å². The van der Waals surface area contributed by atoms with Gasteiger partial charge in [-0.3, -0.25) is 4.79 Å². The minimum atomic E-state index is 0. The standard InChI is InChI=1S/C21H27O2P.Li/c1-5-6-7-12-23-18-8-10-19(11-9-18)24-21(22)20-16(3)13-15(2)14-17(20)4;/h8-11,13-14,24H,5-7,12H2,1-4H3;/q;+1. The van der Waals surface area contributed by atoms with Gasteiger partial charge in [0.1, 0.15) is 5.75 Å². The molecule has 0 N–H and O–H groups in total. The van der Waals surface area contributed by atoms with Crippen LogP contribution in [0.5, 0.6) is 5.75 Å². The minimum Gasteiger partial charge on any atom is -0.494 e. The van der Waals surface area contributed by atoms with Crippen LogP contribution in [0.4, 0.5) is 0 Å². The molecule has 2 aromatic carbocycles. The zero-order valence-corrected chi connectivity index (χ0v) is 17.1. The third-order valence-electron chi connectivity index (χ3n) is 4.03. The summed E-state index contributed by atoms with van der Waals surface area (Å²) in [6, 6.07) is 12.1. The summed E-state index contributed by atoms with van der Waals surface area (Å²) < 4.78 is 5.72. The Morgan fingerprint density at radius 3 is 2.16 bits per heavy atom. The fourth-order valence-electron chi connectivity index (χ4n) is 2.91. The second-order valence-corrected chi connectivity index (χ2v) is 7.59. The Balaban J connectivity index is 0.00000312. The molecule has 0 saturated carbocycles. The van der Waals surface area contributed by atoms with Gasteiger partial charge in [-0.25, -0.2) is 0 Å². The summed E-state index contributed by atoms with van der Waals surface area (Å²) in [5, 5.41) is 1.06. The van der Waals surface area contributed by atoms with Crippen molar-refractivity contribution in [1.82, 2.24) is 0 Å². The van der Waals surface area contributed by atoms with Crippen LogP contribution in [0.15, 0.2) is 36.4 Å². The summed E-state index contributed by atoms with van der Waals surface area (Å²) in [6.45, 7) is 9.05. The van der Waals surface area contributed by atoms with Gasteiger partial charge >= 0.3 is 18.9 Å². The number of carbonyl (C=O) groups excluding carboxylic acids is 1. The molecule has 2 rings (SSSR count). The topological polar surface area (TPSA) is 26.3 Å². The SMILES string of the molecule is CCCCCOc1ccc(PC(=O)c2c(C)cc(C)cc2C)cc1.[Li+]. The molecule has 0 fully saturated rings. The smallest absolute Gasteiger partial charge is 0.494 e. The molecule has 2 nitrogen and oxygen atoms in total. The molecule has 2 aromatic rings. The van der Waals surface area contributed by atoms with Crippen molar-refractivity contribution in [3.8, 4) is 5.75 Å². The molecule has 0 aromatic heterocycles. The zero-order chi connectivity index (χ0) is 17.5. The van der Waals surface area contributed by atoms with E-state index in [9.17, 15) is 4.79 Å². The molecule has 128 valence electrons. The fourth-order valence-corrected chi connectivity index (χ4v) is 4.02. The van der Waals surface area contributed by atoms with Gasteiger partial charge in [-0.05, 0) is 64.3 Å². The fraction of sp³-hybridized carbons (Fsp3) is 0.381. The first-order valence-electron chi connectivity index (χ1n) is 8.63. The largest absolute Gasteiger partial charge is 1.00 e. The molecule has 1 unspecified atom stereocenters. The van der Waals surface area contributed by atoms with Crippen LogP contribution >= 0.6 is 8.58 Å². The first kappa shape index (κ1) is 22.0. The van der Waals surface area contributed by atoms with Crippen LogP contribution in [0.1, 0.15) is 53.2 Å². The minimum absolute atomic E-state index is 0. The average Bonchev–Trinajstić information content (AvgIpc) is 2.52. The van der Waals surface area contributed by atoms with Crippen molar-refractivity contribution in [2.75, 3.05) is 6.61 Å². The first-order valence-corrected chi connectivity index (χ1v) is 9.63. The molecule has 4 heteroatoms. The third-order valence-corrected chi connectivity index (χ3v) is 5.13. The summed E-state index contributed by atoms with van der Waals surface area (Å²) in [4.78, 5) is 12.7. The van der Waals surface area contributed by atoms with Crippen LogP contribution in [0.2, 0.25) is 0 Å². The second kappa shape index (κ2) is 10.8. The number of rotatable bonds is 8. The predicted molar refractivity (Wildman–Crippen MR) is 104 cm³/mol. The van der Waals surface area contributed by atoms with Gasteiger partial charge < -0.3 is 4.74 Å². The van der Waals surface area contributed by atoms with E-state index in [0.29, 0.717) is 0 Å². The van der Waals surface area contributed by atoms with Crippen molar-refractivity contribution < 1.29 is 28.4 Å². The molecule has 0 amide bonds. The normalized spacial score (nSPS) is 10.7. The number of unbranched alkanes of at least 4 members (excludes halogenated alkanes) is 2. The summed E-state index contributed by atoms with van der Waals surface area (Å²) in [6.07, 6.45) is 3.48. The van der Waals surface area contributed by atoms with Gasteiger partial charge in [0.05, 0.1) is 6.61 Å². The maximum absolute atomic E-state index is 12.7. The summed E-state index contributed by atoms with van der Waals surface area (Å²) >= 11 is 0. The van der Waals surface area contributed by atoms with Crippen molar-refractivity contribution in [2.45, 2.75) is 47.0 Å². The van der Waals surface area contributed by atoms with Crippen LogP contribution in [-0.2, 0) is 0 Å². The Kier molecular flexibility index (Phi) is 9.51. The number of hydrogen-bond acceptors (Lipinski definition) is 2. The van der Waals surface area contributed by atoms with Crippen molar-refractivity contribution in [3.05, 3.63) is 58.7 Å². The molecule has 0 saturated heterocycles. The second-order valence-electron chi connectivity index (χ2n) is 6.31. The number of carbonyl (C=O) groups is 1. The van der Waals surface area contributed by atoms with Crippen molar-refractivity contribution in [1.29, 1.82) is 0 Å². The quantitative estimate of drug-likeness (QED) is 0.415. The van der Waals surface area contributed by atoms with Crippen LogP contribution < -0.4 is 28.9 Å². The summed E-state index contributed by atoms with van der Waals surface area (Å²) in [5.74, 6) is 0.884. The molecular formula is C21H27LiO2P+. The zero-order valence-electron chi connectivity index (χ0n) is 16.1. The van der Waals surface area contributed by atoms with Gasteiger partial charge in [0.2, 0.25) is 0 Å². The number of benzene rings is 2. The molecular weight excluding hydrogens is 322 g/mol. The van der Waals surface area contributed by atoms with Crippen LogP contribution in [-0.4, -0.2) is 12.1 Å². The van der Waals surface area contributed by atoms with Crippen LogP contribution in [0.25, 0.3) is 0 Å². The average molecular weight is 349 g/mol. The monoisotopic (exact) mass is 349 g/mol. The van der Waals surface area contributed by atoms with E-state index in [1.807, 2.05) is 38.1 Å². The molecule has 1 atom stereocenters. The molecule has 25 heavy (non-hydrogen) atoms. The molecule has 0 spiro atoms. The Labute approximate surface area is 165 Å². The van der Waals surface area contributed by atoms with E-state index in [1.54, 1.807) is 0 Å². The van der Waals surface area contributed by atoms with Gasteiger partial charge in [-0.1, -0.05) is 49.6 Å². The van der Waals surface area contributed by atoms with Crippen molar-refractivity contribution in [2.24, 2.45) is 0 Å². The number of hydrogen-bond donors (Lipinski definition) is 0. The predicted octanol–water partition coefficient (Wildman–Crippen LogP) is 2.33. The van der Waals surface area contributed by atoms with Crippen LogP contribution in [0, 0.1) is 20.8 Å². The maximum atomic E-state index is 12.7. The van der Waals surface area contributed by atoms with E-state index in [1.165, 1.54) is 18.4 Å². The number of ether oxygens (including phenoxy) is 1. The van der Waals surface area contributed by atoms with Gasteiger partial charge in [-0.15, -0.1) is 0 Å². The Bertz CT molecular complexity index is 673. The van der Waals surface area contributed by atoms with Crippen molar-refractivity contribution in [3.63, 3.8) is 0 Å². The molecule has 0 heterocycles. The summed E-state index contributed by atoms with van der Waals surface area (Å²) in [5.41, 5.74) is 4.43. The Hall–Kier alpha value is -1.06. The van der Waals surface area contributed by atoms with Gasteiger partial charge in [0.25, 0.3) is 0 Å². The summed E-state index contributed by atoms with van der Waals surface area (Å²) in [7, 11) is 0.150. The van der Waals surface area contributed by atoms with E-state index in [-0.39, 0.29) is 33.0 Å². The van der Waals surface area contributed by atoms with E-state index in [2.05, 4.69) is 26.0 Å². The van der Waals surface area contributed by atoms with E-state index >= 15 is 0 Å². The molecule has 0 aliphatic rings. The Morgan fingerprint density at radius 1 is 1.00 bits per heavy atom. The molecule has 0 bridgehead atoms. The van der Waals surface area contributed by atoms with Gasteiger partial charge in [0.15, 0.2) is 5.52 Å². The Morgan fingerprint density at radius 2 is 1.60 bits per heavy atom. The van der Waals surface area contributed by atoms with Crippen molar-refractivity contribution >= 4 is 19.4 Å². The van der Waals surface area contributed by atoms with E-state index in [0.717, 1.165) is 40.8 Å². The van der Waals surface area contributed by atoms with Crippen LogP contribution in [0.3, 0.4) is 0 Å². The van der Waals surface area contributed by atoms with Gasteiger partial charge in [-0.2, -0.15) is 0 Å². The maximum Gasteiger partial charge on any atom is 1.00 e.